The summed E-state index contributed by atoms with van der Waals surface area (Å²) in [5, 5.41) is 8.08. The Hall–Kier alpha value is -2.43. The molecular weight excluding hydrogens is 274 g/mol. The zero-order valence-corrected chi connectivity index (χ0v) is 12.9. The highest BCUT2D eigenvalue weighted by Gasteiger charge is 2.19. The molecule has 5 nitrogen and oxygen atoms in total. The van der Waals surface area contributed by atoms with Crippen molar-refractivity contribution in [1.29, 1.82) is 0 Å². The third-order valence-electron chi connectivity index (χ3n) is 4.24. The molecule has 1 aromatic carbocycles. The van der Waals surface area contributed by atoms with Gasteiger partial charge in [-0.1, -0.05) is 24.3 Å². The Kier molecular flexibility index (Phi) is 3.06. The summed E-state index contributed by atoms with van der Waals surface area (Å²) >= 11 is 0. The Balaban J connectivity index is 1.64. The lowest BCUT2D eigenvalue weighted by molar-refractivity contribution is 0.605. The molecule has 0 saturated carbocycles. The molecule has 1 unspecified atom stereocenters. The maximum absolute atomic E-state index is 4.44. The zero-order valence-electron chi connectivity index (χ0n) is 12.9. The molecule has 0 radical (unpaired) electrons. The Labute approximate surface area is 129 Å². The first-order valence-corrected chi connectivity index (χ1v) is 7.73. The molecule has 1 atom stereocenters. The average Bonchev–Trinajstić information content (AvgIpc) is 2.87. The average molecular weight is 293 g/mol. The minimum absolute atomic E-state index is 0.421. The molecule has 1 N–H and O–H groups in total. The number of aryl methyl sites for hydroxylation is 3. The minimum atomic E-state index is 0.421. The van der Waals surface area contributed by atoms with Crippen molar-refractivity contribution in [1.82, 2.24) is 19.6 Å². The van der Waals surface area contributed by atoms with Crippen molar-refractivity contribution in [3.05, 3.63) is 53.0 Å². The smallest absolute Gasteiger partial charge is 0.254 e. The lowest BCUT2D eigenvalue weighted by Gasteiger charge is -2.26. The van der Waals surface area contributed by atoms with Gasteiger partial charge in [-0.05, 0) is 44.2 Å². The van der Waals surface area contributed by atoms with Gasteiger partial charge in [-0.2, -0.15) is 9.50 Å². The third-order valence-corrected chi connectivity index (χ3v) is 4.24. The zero-order chi connectivity index (χ0) is 15.1. The number of aromatic nitrogens is 4. The molecule has 4 rings (SSSR count). The maximum Gasteiger partial charge on any atom is 0.254 e. The van der Waals surface area contributed by atoms with Crippen LogP contribution in [0.3, 0.4) is 0 Å². The predicted molar refractivity (Wildman–Crippen MR) is 86.1 cm³/mol. The van der Waals surface area contributed by atoms with Gasteiger partial charge >= 0.3 is 0 Å². The summed E-state index contributed by atoms with van der Waals surface area (Å²) in [5.74, 6) is 2.39. The fourth-order valence-electron chi connectivity index (χ4n) is 3.22. The van der Waals surface area contributed by atoms with Gasteiger partial charge in [0.25, 0.3) is 5.78 Å². The number of nitrogens with one attached hydrogen (secondary N) is 1. The van der Waals surface area contributed by atoms with Gasteiger partial charge in [-0.25, -0.2) is 4.98 Å². The molecule has 112 valence electrons. The van der Waals surface area contributed by atoms with Crippen molar-refractivity contribution in [2.24, 2.45) is 0 Å². The molecular formula is C17H19N5. The van der Waals surface area contributed by atoms with E-state index < -0.39 is 0 Å². The molecule has 1 aliphatic rings. The van der Waals surface area contributed by atoms with Gasteiger partial charge in [-0.3, -0.25) is 0 Å². The van der Waals surface area contributed by atoms with E-state index in [1.165, 1.54) is 11.1 Å². The van der Waals surface area contributed by atoms with Gasteiger partial charge < -0.3 is 5.32 Å². The minimum Gasteiger partial charge on any atom is -0.367 e. The van der Waals surface area contributed by atoms with Crippen LogP contribution in [-0.4, -0.2) is 25.6 Å². The largest absolute Gasteiger partial charge is 0.367 e. The highest BCUT2D eigenvalue weighted by atomic mass is 15.4. The second kappa shape index (κ2) is 5.09. The van der Waals surface area contributed by atoms with Gasteiger partial charge in [0.2, 0.25) is 0 Å². The van der Waals surface area contributed by atoms with Crippen LogP contribution in [0.4, 0.5) is 5.82 Å². The van der Waals surface area contributed by atoms with Gasteiger partial charge in [0.05, 0.1) is 0 Å². The summed E-state index contributed by atoms with van der Waals surface area (Å²) in [6.07, 6.45) is 3.30. The van der Waals surface area contributed by atoms with Crippen LogP contribution in [0, 0.1) is 13.8 Å². The van der Waals surface area contributed by atoms with Crippen molar-refractivity contribution in [3.8, 4) is 0 Å². The predicted octanol–water partition coefficient (Wildman–Crippen LogP) is 2.71. The number of nitrogens with zero attached hydrogens (tertiary/aromatic N) is 4. The molecule has 0 spiro atoms. The molecule has 0 aliphatic heterocycles. The van der Waals surface area contributed by atoms with Crippen LogP contribution in [0.2, 0.25) is 0 Å². The monoisotopic (exact) mass is 293 g/mol. The summed E-state index contributed by atoms with van der Waals surface area (Å²) < 4.78 is 1.81. The molecule has 2 aromatic heterocycles. The Morgan fingerprint density at radius 2 is 1.95 bits per heavy atom. The number of fused-ring (bicyclic) bond motifs is 2. The van der Waals surface area contributed by atoms with Gasteiger partial charge in [0.1, 0.15) is 11.6 Å². The van der Waals surface area contributed by atoms with E-state index in [4.69, 9.17) is 0 Å². The lowest BCUT2D eigenvalue weighted by atomic mass is 9.88. The van der Waals surface area contributed by atoms with Crippen LogP contribution in [0.25, 0.3) is 5.78 Å². The summed E-state index contributed by atoms with van der Waals surface area (Å²) in [7, 11) is 0. The lowest BCUT2D eigenvalue weighted by Crippen LogP contribution is -2.28. The summed E-state index contributed by atoms with van der Waals surface area (Å²) in [6.45, 7) is 3.88. The fourth-order valence-corrected chi connectivity index (χ4v) is 3.22. The van der Waals surface area contributed by atoms with E-state index in [1.807, 2.05) is 24.4 Å². The first-order valence-electron chi connectivity index (χ1n) is 7.73. The number of hydrogen-bond acceptors (Lipinski definition) is 4. The van der Waals surface area contributed by atoms with E-state index >= 15 is 0 Å². The summed E-state index contributed by atoms with van der Waals surface area (Å²) in [4.78, 5) is 8.80. The Bertz CT molecular complexity index is 836. The van der Waals surface area contributed by atoms with E-state index in [0.717, 1.165) is 36.6 Å². The van der Waals surface area contributed by atoms with E-state index in [9.17, 15) is 0 Å². The second-order valence-corrected chi connectivity index (χ2v) is 6.01. The van der Waals surface area contributed by atoms with E-state index in [1.54, 1.807) is 0 Å². The van der Waals surface area contributed by atoms with Crippen LogP contribution in [0.5, 0.6) is 0 Å². The maximum atomic E-state index is 4.44. The number of benzene rings is 1. The fraction of sp³-hybridized carbons (Fsp3) is 0.353. The summed E-state index contributed by atoms with van der Waals surface area (Å²) in [5.41, 5.74) is 3.88. The van der Waals surface area contributed by atoms with Gasteiger partial charge in [0.15, 0.2) is 0 Å². The second-order valence-electron chi connectivity index (χ2n) is 6.01. The van der Waals surface area contributed by atoms with Gasteiger partial charge in [0, 0.05) is 17.8 Å². The molecule has 5 heteroatoms. The van der Waals surface area contributed by atoms with E-state index in [0.29, 0.717) is 11.8 Å². The van der Waals surface area contributed by atoms with Crippen LogP contribution in [-0.2, 0) is 12.8 Å². The van der Waals surface area contributed by atoms with Gasteiger partial charge in [-0.15, -0.1) is 5.10 Å². The molecule has 3 aromatic rings. The summed E-state index contributed by atoms with van der Waals surface area (Å²) in [6, 6.07) is 11.2. The standard InChI is InChI=1S/C17H19N5/c1-11-9-16(22-17(18-11)19-12(2)21-22)20-15-8-7-13-5-3-4-6-14(13)10-15/h3-6,9,15,20H,7-8,10H2,1-2H3. The SMILES string of the molecule is Cc1cc(NC2CCc3ccccc3C2)n2nc(C)nc2n1. The van der Waals surface area contributed by atoms with Crippen molar-refractivity contribution >= 4 is 11.6 Å². The van der Waals surface area contributed by atoms with Crippen molar-refractivity contribution < 1.29 is 0 Å². The molecule has 0 fully saturated rings. The third kappa shape index (κ3) is 2.32. The first-order chi connectivity index (χ1) is 10.7. The quantitative estimate of drug-likeness (QED) is 0.789. The number of anilines is 1. The normalized spacial score (nSPS) is 17.5. The number of rotatable bonds is 2. The number of hydrogen-bond donors (Lipinski definition) is 1. The van der Waals surface area contributed by atoms with E-state index in [2.05, 4.69) is 44.6 Å². The van der Waals surface area contributed by atoms with Crippen molar-refractivity contribution in [2.45, 2.75) is 39.2 Å². The van der Waals surface area contributed by atoms with Crippen molar-refractivity contribution in [3.63, 3.8) is 0 Å². The highest BCUT2D eigenvalue weighted by Crippen LogP contribution is 2.24. The molecule has 1 aliphatic carbocycles. The Morgan fingerprint density at radius 1 is 1.14 bits per heavy atom. The van der Waals surface area contributed by atoms with Crippen LogP contribution in [0.15, 0.2) is 30.3 Å². The molecule has 0 bridgehead atoms. The highest BCUT2D eigenvalue weighted by molar-refractivity contribution is 5.46. The van der Waals surface area contributed by atoms with Crippen molar-refractivity contribution in [2.75, 3.05) is 5.32 Å². The van der Waals surface area contributed by atoms with E-state index in [-0.39, 0.29) is 0 Å². The van der Waals surface area contributed by atoms with Crippen LogP contribution >= 0.6 is 0 Å². The Morgan fingerprint density at radius 3 is 2.82 bits per heavy atom. The van der Waals surface area contributed by atoms with Crippen LogP contribution in [0.1, 0.15) is 29.1 Å². The molecule has 0 saturated heterocycles. The first kappa shape index (κ1) is 13.2. The van der Waals surface area contributed by atoms with Crippen LogP contribution < -0.4 is 5.32 Å². The molecule has 0 amide bonds. The topological polar surface area (TPSA) is 55.1 Å². The molecule has 22 heavy (non-hydrogen) atoms. The molecule has 2 heterocycles.